The first-order chi connectivity index (χ1) is 7.94. The van der Waals surface area contributed by atoms with Gasteiger partial charge in [-0.3, -0.25) is 0 Å². The highest BCUT2D eigenvalue weighted by Crippen LogP contribution is 2.24. The van der Waals surface area contributed by atoms with Crippen LogP contribution in [0.25, 0.3) is 0 Å². The maximum absolute atomic E-state index is 13.4. The van der Waals surface area contributed by atoms with E-state index in [0.29, 0.717) is 0 Å². The van der Waals surface area contributed by atoms with Crippen molar-refractivity contribution in [2.45, 2.75) is 18.3 Å². The highest BCUT2D eigenvalue weighted by molar-refractivity contribution is 7.92. The van der Waals surface area contributed by atoms with Crippen LogP contribution in [0.4, 0.5) is 4.39 Å². The second-order valence-corrected chi connectivity index (χ2v) is 6.15. The molecule has 2 atom stereocenters. The van der Waals surface area contributed by atoms with Crippen LogP contribution < -0.4 is 0 Å². The Hall–Kier alpha value is -0.980. The van der Waals surface area contributed by atoms with Crippen LogP contribution in [-0.4, -0.2) is 36.2 Å². The van der Waals surface area contributed by atoms with Crippen molar-refractivity contribution in [3.63, 3.8) is 0 Å². The number of sulfone groups is 1. The quantitative estimate of drug-likeness (QED) is 0.817. The van der Waals surface area contributed by atoms with Gasteiger partial charge >= 0.3 is 0 Å². The summed E-state index contributed by atoms with van der Waals surface area (Å²) in [7, 11) is -3.64. The third kappa shape index (κ3) is 3.02. The lowest BCUT2D eigenvalue weighted by Crippen LogP contribution is -2.33. The fraction of sp³-hybridized carbons (Fsp3) is 0.455. The zero-order chi connectivity index (χ0) is 13.1. The molecule has 1 aromatic rings. The van der Waals surface area contributed by atoms with Crippen molar-refractivity contribution in [2.75, 3.05) is 12.4 Å². The third-order valence-electron chi connectivity index (χ3n) is 2.62. The Morgan fingerprint density at radius 3 is 2.41 bits per heavy atom. The summed E-state index contributed by atoms with van der Waals surface area (Å²) in [5, 5.41) is 17.5. The number of hydrogen-bond acceptors (Lipinski definition) is 4. The molecule has 0 aromatic heterocycles. The van der Waals surface area contributed by atoms with Crippen LogP contribution >= 0.6 is 0 Å². The van der Waals surface area contributed by atoms with Crippen molar-refractivity contribution in [1.82, 2.24) is 0 Å². The van der Waals surface area contributed by atoms with E-state index in [2.05, 4.69) is 0 Å². The summed E-state index contributed by atoms with van der Waals surface area (Å²) in [6, 6.07) is 5.36. The van der Waals surface area contributed by atoms with Gasteiger partial charge in [0.05, 0.1) is 6.61 Å². The average Bonchev–Trinajstić information content (AvgIpc) is 2.30. The second-order valence-electron chi connectivity index (χ2n) is 3.64. The molecule has 96 valence electrons. The van der Waals surface area contributed by atoms with Crippen LogP contribution in [0.15, 0.2) is 24.3 Å². The molecule has 1 rings (SSSR count). The highest BCUT2D eigenvalue weighted by Gasteiger charge is 2.32. The Balaban J connectivity index is 3.11. The van der Waals surface area contributed by atoms with Gasteiger partial charge in [-0.1, -0.05) is 25.1 Å². The molecule has 0 spiro atoms. The van der Waals surface area contributed by atoms with Crippen molar-refractivity contribution in [3.8, 4) is 0 Å². The summed E-state index contributed by atoms with van der Waals surface area (Å²) < 4.78 is 36.6. The van der Waals surface area contributed by atoms with Crippen molar-refractivity contribution in [2.24, 2.45) is 0 Å². The maximum atomic E-state index is 13.4. The monoisotopic (exact) mass is 262 g/mol. The molecule has 0 heterocycles. The van der Waals surface area contributed by atoms with Crippen molar-refractivity contribution < 1.29 is 23.0 Å². The Morgan fingerprint density at radius 2 is 1.94 bits per heavy atom. The molecule has 0 aliphatic rings. The molecular formula is C11H15FO4S. The second kappa shape index (κ2) is 5.57. The number of aliphatic hydroxyl groups is 2. The summed E-state index contributed by atoms with van der Waals surface area (Å²) in [5.41, 5.74) is -0.122. The smallest absolute Gasteiger partial charge is 0.158 e. The van der Waals surface area contributed by atoms with E-state index >= 15 is 0 Å². The third-order valence-corrected chi connectivity index (χ3v) is 4.75. The molecule has 0 fully saturated rings. The number of hydrogen-bond donors (Lipinski definition) is 2. The lowest BCUT2D eigenvalue weighted by Gasteiger charge is -2.21. The molecule has 0 unspecified atom stereocenters. The topological polar surface area (TPSA) is 74.6 Å². The first-order valence-corrected chi connectivity index (χ1v) is 6.90. The molecule has 0 aliphatic carbocycles. The fourth-order valence-corrected chi connectivity index (χ4v) is 2.73. The van der Waals surface area contributed by atoms with Crippen LogP contribution in [0.3, 0.4) is 0 Å². The molecule has 2 N–H and O–H groups in total. The first-order valence-electron chi connectivity index (χ1n) is 5.19. The van der Waals surface area contributed by atoms with E-state index in [1.165, 1.54) is 25.1 Å². The Morgan fingerprint density at radius 1 is 1.35 bits per heavy atom. The molecule has 0 saturated carbocycles. The lowest BCUT2D eigenvalue weighted by atomic mass is 10.1. The number of aliphatic hydroxyl groups excluding tert-OH is 2. The van der Waals surface area contributed by atoms with Crippen LogP contribution in [-0.2, 0) is 9.84 Å². The van der Waals surface area contributed by atoms with Gasteiger partial charge in [-0.25, -0.2) is 12.8 Å². The van der Waals surface area contributed by atoms with Crippen LogP contribution in [0, 0.1) is 5.82 Å². The molecule has 0 aliphatic heterocycles. The molecule has 17 heavy (non-hydrogen) atoms. The predicted molar refractivity (Wildman–Crippen MR) is 61.7 cm³/mol. The zero-order valence-electron chi connectivity index (χ0n) is 9.38. The van der Waals surface area contributed by atoms with Gasteiger partial charge in [0.2, 0.25) is 0 Å². The van der Waals surface area contributed by atoms with Crippen molar-refractivity contribution in [1.29, 1.82) is 0 Å². The molecule has 6 heteroatoms. The largest absolute Gasteiger partial charge is 0.395 e. The molecule has 0 amide bonds. The Bertz CT molecular complexity index is 472. The average molecular weight is 262 g/mol. The Labute approximate surface area is 99.6 Å². The molecule has 1 aromatic carbocycles. The summed E-state index contributed by atoms with van der Waals surface area (Å²) >= 11 is 0. The SMILES string of the molecule is CCS(=O)(=O)[C@H](CO)[C@@H](O)c1ccccc1F. The van der Waals surface area contributed by atoms with E-state index in [1.807, 2.05) is 0 Å². The van der Waals surface area contributed by atoms with Crippen LogP contribution in [0.5, 0.6) is 0 Å². The van der Waals surface area contributed by atoms with Crippen molar-refractivity contribution >= 4 is 9.84 Å². The van der Waals surface area contributed by atoms with E-state index in [4.69, 9.17) is 5.11 Å². The van der Waals surface area contributed by atoms with Gasteiger partial charge in [0.15, 0.2) is 9.84 Å². The number of halogens is 1. The van der Waals surface area contributed by atoms with Crippen LogP contribution in [0.2, 0.25) is 0 Å². The molecule has 0 radical (unpaired) electrons. The standard InChI is InChI=1S/C11H15FO4S/c1-2-17(15,16)10(7-13)11(14)8-5-3-4-6-9(8)12/h3-6,10-11,13-14H,2,7H2,1H3/t10-,11+/m1/s1. The summed E-state index contributed by atoms with van der Waals surface area (Å²) in [6.45, 7) is 0.664. The van der Waals surface area contributed by atoms with E-state index in [1.54, 1.807) is 0 Å². The van der Waals surface area contributed by atoms with Gasteiger partial charge in [0, 0.05) is 11.3 Å². The van der Waals surface area contributed by atoms with E-state index in [0.717, 1.165) is 6.07 Å². The first kappa shape index (κ1) is 14.1. The Kier molecular flexibility index (Phi) is 4.62. The fourth-order valence-electron chi connectivity index (χ4n) is 1.54. The number of benzene rings is 1. The van der Waals surface area contributed by atoms with Gasteiger partial charge in [-0.05, 0) is 6.07 Å². The summed E-state index contributed by atoms with van der Waals surface area (Å²) in [6.07, 6.45) is -1.56. The minimum Gasteiger partial charge on any atom is -0.395 e. The molecular weight excluding hydrogens is 247 g/mol. The van der Waals surface area contributed by atoms with Gasteiger partial charge in [-0.2, -0.15) is 0 Å². The minimum absolute atomic E-state index is 0.122. The van der Waals surface area contributed by atoms with Gasteiger partial charge < -0.3 is 10.2 Å². The maximum Gasteiger partial charge on any atom is 0.158 e. The normalized spacial score (nSPS) is 15.5. The minimum atomic E-state index is -3.64. The van der Waals surface area contributed by atoms with Gasteiger partial charge in [0.25, 0.3) is 0 Å². The summed E-state index contributed by atoms with van der Waals surface area (Å²) in [5.74, 6) is -0.909. The van der Waals surface area contributed by atoms with E-state index in [-0.39, 0.29) is 11.3 Å². The van der Waals surface area contributed by atoms with Crippen molar-refractivity contribution in [3.05, 3.63) is 35.6 Å². The molecule has 0 bridgehead atoms. The van der Waals surface area contributed by atoms with Gasteiger partial charge in [-0.15, -0.1) is 0 Å². The molecule has 0 saturated heterocycles. The predicted octanol–water partition coefficient (Wildman–Crippen LogP) is 0.655. The summed E-state index contributed by atoms with van der Waals surface area (Å²) in [4.78, 5) is 0. The van der Waals surface area contributed by atoms with E-state index < -0.39 is 33.6 Å². The zero-order valence-corrected chi connectivity index (χ0v) is 10.2. The molecule has 4 nitrogen and oxygen atoms in total. The van der Waals surface area contributed by atoms with Crippen LogP contribution in [0.1, 0.15) is 18.6 Å². The van der Waals surface area contributed by atoms with Gasteiger partial charge in [0.1, 0.15) is 17.2 Å². The number of rotatable bonds is 5. The highest BCUT2D eigenvalue weighted by atomic mass is 32.2. The van der Waals surface area contributed by atoms with E-state index in [9.17, 15) is 17.9 Å². The lowest BCUT2D eigenvalue weighted by molar-refractivity contribution is 0.134.